The largest absolute Gasteiger partial charge is 0.361 e. The summed E-state index contributed by atoms with van der Waals surface area (Å²) >= 11 is 0. The molecule has 1 aliphatic rings. The molecule has 6 nitrogen and oxygen atoms in total. The molecule has 0 N–H and O–H groups in total. The molecule has 2 aromatic heterocycles. The Kier molecular flexibility index (Phi) is 3.53. The van der Waals surface area contributed by atoms with Gasteiger partial charge in [0.15, 0.2) is 5.69 Å². The molecule has 0 radical (unpaired) electrons. The van der Waals surface area contributed by atoms with Crippen LogP contribution in [0.25, 0.3) is 0 Å². The van der Waals surface area contributed by atoms with E-state index < -0.39 is 0 Å². The number of carbonyl (C=O) groups excluding carboxylic acids is 1. The third-order valence-electron chi connectivity index (χ3n) is 3.82. The molecule has 1 saturated heterocycles. The Labute approximate surface area is 123 Å². The first-order chi connectivity index (χ1) is 10.1. The van der Waals surface area contributed by atoms with Gasteiger partial charge >= 0.3 is 0 Å². The third kappa shape index (κ3) is 2.57. The van der Waals surface area contributed by atoms with Gasteiger partial charge in [0.25, 0.3) is 5.91 Å². The van der Waals surface area contributed by atoms with E-state index in [-0.39, 0.29) is 17.9 Å². The van der Waals surface area contributed by atoms with Crippen LogP contribution in [0.3, 0.4) is 0 Å². The van der Waals surface area contributed by atoms with E-state index in [1.165, 1.54) is 0 Å². The van der Waals surface area contributed by atoms with E-state index in [0.29, 0.717) is 18.0 Å². The van der Waals surface area contributed by atoms with Crippen molar-refractivity contribution in [3.8, 4) is 0 Å². The van der Waals surface area contributed by atoms with Crippen LogP contribution in [0.15, 0.2) is 21.2 Å². The van der Waals surface area contributed by atoms with Crippen LogP contribution in [0.2, 0.25) is 0 Å². The number of carbonyl (C=O) groups is 1. The molecule has 2 aromatic rings. The van der Waals surface area contributed by atoms with Crippen molar-refractivity contribution in [1.82, 2.24) is 15.2 Å². The maximum absolute atomic E-state index is 12.5. The fraction of sp³-hybridized carbons (Fsp3) is 0.533. The fourth-order valence-corrected chi connectivity index (χ4v) is 2.66. The minimum absolute atomic E-state index is 0.0363. The summed E-state index contributed by atoms with van der Waals surface area (Å²) in [6.45, 7) is 6.59. The first-order valence-corrected chi connectivity index (χ1v) is 7.27. The lowest BCUT2D eigenvalue weighted by Gasteiger charge is -2.21. The minimum atomic E-state index is -0.108. The molecule has 3 rings (SSSR count). The summed E-state index contributed by atoms with van der Waals surface area (Å²) in [6, 6.07) is 3.58. The number of hydrogen-bond acceptors (Lipinski definition) is 5. The molecule has 6 heteroatoms. The van der Waals surface area contributed by atoms with E-state index in [1.54, 1.807) is 17.9 Å². The van der Waals surface area contributed by atoms with Gasteiger partial charge in [-0.25, -0.2) is 0 Å². The van der Waals surface area contributed by atoms with E-state index in [0.717, 1.165) is 24.3 Å². The highest BCUT2D eigenvalue weighted by Crippen LogP contribution is 2.33. The molecule has 0 bridgehead atoms. The number of aryl methyl sites for hydroxylation is 1. The zero-order valence-electron chi connectivity index (χ0n) is 12.5. The summed E-state index contributed by atoms with van der Waals surface area (Å²) in [6.07, 6.45) is 1.85. The van der Waals surface area contributed by atoms with Gasteiger partial charge in [-0.05, 0) is 19.8 Å². The van der Waals surface area contributed by atoms with Gasteiger partial charge in [-0.2, -0.15) is 0 Å². The van der Waals surface area contributed by atoms with Crippen molar-refractivity contribution >= 4 is 5.91 Å². The van der Waals surface area contributed by atoms with Crippen molar-refractivity contribution in [3.63, 3.8) is 0 Å². The Morgan fingerprint density at radius 2 is 2.14 bits per heavy atom. The van der Waals surface area contributed by atoms with Crippen LogP contribution in [-0.2, 0) is 0 Å². The average Bonchev–Trinajstić information content (AvgIpc) is 3.17. The molecule has 0 saturated carbocycles. The first kappa shape index (κ1) is 13.9. The molecular weight excluding hydrogens is 270 g/mol. The highest BCUT2D eigenvalue weighted by atomic mass is 16.5. The second kappa shape index (κ2) is 5.35. The number of aromatic nitrogens is 2. The monoisotopic (exact) mass is 289 g/mol. The molecule has 3 heterocycles. The van der Waals surface area contributed by atoms with Gasteiger partial charge in [-0.3, -0.25) is 4.79 Å². The van der Waals surface area contributed by atoms with Gasteiger partial charge in [0.2, 0.25) is 0 Å². The van der Waals surface area contributed by atoms with Crippen LogP contribution in [0.4, 0.5) is 0 Å². The van der Waals surface area contributed by atoms with Crippen LogP contribution in [0, 0.1) is 6.92 Å². The lowest BCUT2D eigenvalue weighted by Crippen LogP contribution is -2.30. The predicted octanol–water partition coefficient (Wildman–Crippen LogP) is 3.07. The van der Waals surface area contributed by atoms with E-state index >= 15 is 0 Å². The highest BCUT2D eigenvalue weighted by Gasteiger charge is 2.34. The predicted molar refractivity (Wildman–Crippen MR) is 74.8 cm³/mol. The van der Waals surface area contributed by atoms with Gasteiger partial charge in [0.1, 0.15) is 17.2 Å². The molecule has 1 aliphatic heterocycles. The topological polar surface area (TPSA) is 72.4 Å². The second-order valence-electron chi connectivity index (χ2n) is 5.79. The number of likely N-dealkylation sites (tertiary alicyclic amines) is 1. The Bertz CT molecular complexity index is 644. The van der Waals surface area contributed by atoms with Crippen molar-refractivity contribution in [1.29, 1.82) is 0 Å². The fourth-order valence-electron chi connectivity index (χ4n) is 2.66. The van der Waals surface area contributed by atoms with Crippen LogP contribution in [0.5, 0.6) is 0 Å². The summed E-state index contributed by atoms with van der Waals surface area (Å²) in [5.74, 6) is 1.66. The van der Waals surface area contributed by atoms with Gasteiger partial charge in [0.05, 0.1) is 6.04 Å². The SMILES string of the molecule is Cc1cc(C(=O)N2CCCC2c2cc(C(C)C)on2)no1. The Balaban J connectivity index is 1.83. The Morgan fingerprint density at radius 3 is 2.76 bits per heavy atom. The molecule has 0 aliphatic carbocycles. The molecule has 21 heavy (non-hydrogen) atoms. The molecule has 0 spiro atoms. The Hall–Kier alpha value is -2.11. The van der Waals surface area contributed by atoms with E-state index in [1.807, 2.05) is 6.07 Å². The summed E-state index contributed by atoms with van der Waals surface area (Å²) in [5.41, 5.74) is 1.18. The van der Waals surface area contributed by atoms with Crippen LogP contribution < -0.4 is 0 Å². The zero-order chi connectivity index (χ0) is 15.0. The van der Waals surface area contributed by atoms with Crippen molar-refractivity contribution < 1.29 is 13.8 Å². The quantitative estimate of drug-likeness (QED) is 0.868. The number of nitrogens with zero attached hydrogens (tertiary/aromatic N) is 3. The third-order valence-corrected chi connectivity index (χ3v) is 3.82. The van der Waals surface area contributed by atoms with Gasteiger partial charge < -0.3 is 13.9 Å². The second-order valence-corrected chi connectivity index (χ2v) is 5.79. The number of rotatable bonds is 3. The van der Waals surface area contributed by atoms with Crippen molar-refractivity contribution in [3.05, 3.63) is 35.0 Å². The summed E-state index contributed by atoms with van der Waals surface area (Å²) in [5, 5.41) is 7.95. The summed E-state index contributed by atoms with van der Waals surface area (Å²) in [7, 11) is 0. The standard InChI is InChI=1S/C15H19N3O3/c1-9(2)14-8-11(16-21-14)13-5-4-6-18(13)15(19)12-7-10(3)20-17-12/h7-9,13H,4-6H2,1-3H3. The zero-order valence-corrected chi connectivity index (χ0v) is 12.5. The number of amides is 1. The normalized spacial score (nSPS) is 18.7. The van der Waals surface area contributed by atoms with Gasteiger partial charge in [0, 0.05) is 24.6 Å². The van der Waals surface area contributed by atoms with Crippen molar-refractivity contribution in [2.24, 2.45) is 0 Å². The lowest BCUT2D eigenvalue weighted by molar-refractivity contribution is 0.0720. The van der Waals surface area contributed by atoms with Crippen LogP contribution >= 0.6 is 0 Å². The summed E-state index contributed by atoms with van der Waals surface area (Å²) in [4.78, 5) is 14.3. The number of hydrogen-bond donors (Lipinski definition) is 0. The molecule has 1 unspecified atom stereocenters. The van der Waals surface area contributed by atoms with E-state index in [9.17, 15) is 4.79 Å². The lowest BCUT2D eigenvalue weighted by atomic mass is 10.1. The first-order valence-electron chi connectivity index (χ1n) is 7.27. The molecule has 112 valence electrons. The summed E-state index contributed by atoms with van der Waals surface area (Å²) < 4.78 is 10.3. The van der Waals surface area contributed by atoms with Crippen LogP contribution in [-0.4, -0.2) is 27.7 Å². The molecule has 1 amide bonds. The maximum atomic E-state index is 12.5. The van der Waals surface area contributed by atoms with E-state index in [4.69, 9.17) is 9.05 Å². The van der Waals surface area contributed by atoms with Crippen molar-refractivity contribution in [2.45, 2.75) is 45.6 Å². The molecule has 1 atom stereocenters. The molecular formula is C15H19N3O3. The van der Waals surface area contributed by atoms with Gasteiger partial charge in [-0.1, -0.05) is 24.2 Å². The van der Waals surface area contributed by atoms with Crippen molar-refractivity contribution in [2.75, 3.05) is 6.54 Å². The van der Waals surface area contributed by atoms with E-state index in [2.05, 4.69) is 24.2 Å². The average molecular weight is 289 g/mol. The minimum Gasteiger partial charge on any atom is -0.361 e. The smallest absolute Gasteiger partial charge is 0.276 e. The molecule has 0 aromatic carbocycles. The molecule has 1 fully saturated rings. The Morgan fingerprint density at radius 1 is 1.33 bits per heavy atom. The van der Waals surface area contributed by atoms with Crippen LogP contribution in [0.1, 0.15) is 66.4 Å². The maximum Gasteiger partial charge on any atom is 0.276 e. The van der Waals surface area contributed by atoms with Gasteiger partial charge in [-0.15, -0.1) is 0 Å². The highest BCUT2D eigenvalue weighted by molar-refractivity contribution is 5.92.